The van der Waals surface area contributed by atoms with Crippen LogP contribution in [-0.2, 0) is 11.3 Å². The van der Waals surface area contributed by atoms with E-state index in [2.05, 4.69) is 4.98 Å². The number of benzene rings is 1. The number of carbonyl (C=O) groups excluding carboxylic acids is 1. The molecule has 0 N–H and O–H groups in total. The molecular weight excluding hydrogens is 276 g/mol. The zero-order valence-corrected chi connectivity index (χ0v) is 12.1. The van der Waals surface area contributed by atoms with Gasteiger partial charge in [-0.15, -0.1) is 0 Å². The first-order valence-corrected chi connectivity index (χ1v) is 6.49. The number of carbonyl (C=O) groups is 1. The highest BCUT2D eigenvalue weighted by Crippen LogP contribution is 2.23. The van der Waals surface area contributed by atoms with Gasteiger partial charge in [-0.1, -0.05) is 29.8 Å². The first kappa shape index (κ1) is 14.3. The van der Waals surface area contributed by atoms with E-state index in [0.29, 0.717) is 17.3 Å². The zero-order chi connectivity index (χ0) is 14.5. The number of methoxy groups -OCH3 is 1. The average molecular weight is 291 g/mol. The maximum absolute atomic E-state index is 11.8. The summed E-state index contributed by atoms with van der Waals surface area (Å²) in [4.78, 5) is 17.8. The molecule has 1 aromatic carbocycles. The summed E-state index contributed by atoms with van der Waals surface area (Å²) in [6.45, 7) is 0.556. The Balaban J connectivity index is 2.28. The van der Waals surface area contributed by atoms with Crippen molar-refractivity contribution in [1.82, 2.24) is 4.98 Å². The fraction of sp³-hybridized carbons (Fsp3) is 0.200. The molecule has 2 rings (SSSR count). The lowest BCUT2D eigenvalue weighted by molar-refractivity contribution is 0.0601. The summed E-state index contributed by atoms with van der Waals surface area (Å²) in [5.41, 5.74) is 2.22. The van der Waals surface area contributed by atoms with E-state index in [1.165, 1.54) is 7.11 Å². The van der Waals surface area contributed by atoms with Crippen LogP contribution in [0.25, 0.3) is 0 Å². The monoisotopic (exact) mass is 290 g/mol. The van der Waals surface area contributed by atoms with Gasteiger partial charge in [0.25, 0.3) is 0 Å². The highest BCUT2D eigenvalue weighted by molar-refractivity contribution is 6.30. The molecule has 0 aliphatic carbocycles. The third kappa shape index (κ3) is 3.08. The van der Waals surface area contributed by atoms with Crippen LogP contribution in [0, 0.1) is 0 Å². The summed E-state index contributed by atoms with van der Waals surface area (Å²) < 4.78 is 4.80. The highest BCUT2D eigenvalue weighted by Gasteiger charge is 2.15. The van der Waals surface area contributed by atoms with E-state index in [1.807, 2.05) is 36.2 Å². The molecule has 0 radical (unpaired) electrons. The molecule has 0 aliphatic heterocycles. The van der Waals surface area contributed by atoms with Crippen molar-refractivity contribution in [1.29, 1.82) is 0 Å². The molecule has 0 bridgehead atoms. The minimum atomic E-state index is -0.357. The summed E-state index contributed by atoms with van der Waals surface area (Å²) in [6, 6.07) is 11.0. The number of aromatic nitrogens is 1. The molecule has 4 nitrogen and oxygen atoms in total. The first-order chi connectivity index (χ1) is 9.63. The highest BCUT2D eigenvalue weighted by atomic mass is 35.5. The van der Waals surface area contributed by atoms with E-state index in [1.54, 1.807) is 18.3 Å². The molecule has 20 heavy (non-hydrogen) atoms. The second-order valence-corrected chi connectivity index (χ2v) is 4.68. The molecule has 0 saturated heterocycles. The van der Waals surface area contributed by atoms with E-state index in [9.17, 15) is 4.79 Å². The lowest BCUT2D eigenvalue weighted by Crippen LogP contribution is -2.20. The molecule has 0 fully saturated rings. The Morgan fingerprint density at radius 1 is 1.30 bits per heavy atom. The number of anilines is 1. The Hall–Kier alpha value is -2.07. The third-order valence-corrected chi connectivity index (χ3v) is 3.30. The van der Waals surface area contributed by atoms with Crippen LogP contribution in [-0.4, -0.2) is 25.1 Å². The second kappa shape index (κ2) is 6.39. The van der Waals surface area contributed by atoms with E-state index in [0.717, 1.165) is 11.3 Å². The minimum absolute atomic E-state index is 0.357. The van der Waals surface area contributed by atoms with Crippen molar-refractivity contribution in [3.63, 3.8) is 0 Å². The number of pyridine rings is 1. The number of esters is 1. The number of ether oxygens (including phenoxy) is 1. The Morgan fingerprint density at radius 2 is 2.05 bits per heavy atom. The largest absolute Gasteiger partial charge is 0.465 e. The van der Waals surface area contributed by atoms with Gasteiger partial charge in [0.1, 0.15) is 5.15 Å². The number of nitrogens with zero attached hydrogens (tertiary/aromatic N) is 2. The van der Waals surface area contributed by atoms with Crippen LogP contribution < -0.4 is 4.90 Å². The Labute approximate surface area is 123 Å². The topological polar surface area (TPSA) is 42.4 Å². The number of halogens is 1. The summed E-state index contributed by atoms with van der Waals surface area (Å²) >= 11 is 6.06. The van der Waals surface area contributed by atoms with Gasteiger partial charge in [-0.2, -0.15) is 0 Å². The van der Waals surface area contributed by atoms with Crippen LogP contribution >= 0.6 is 11.6 Å². The summed E-state index contributed by atoms with van der Waals surface area (Å²) in [5, 5.41) is 0.467. The number of hydrogen-bond donors (Lipinski definition) is 0. The fourth-order valence-corrected chi connectivity index (χ4v) is 2.15. The average Bonchev–Trinajstić information content (AvgIpc) is 2.48. The number of hydrogen-bond acceptors (Lipinski definition) is 4. The van der Waals surface area contributed by atoms with Crippen LogP contribution in [0.4, 0.5) is 5.69 Å². The standard InChI is InChI=1S/C15H15ClN2O2/c1-18(10-11-6-5-9-17-14(11)16)13-8-4-3-7-12(13)15(19)20-2/h3-9H,10H2,1-2H3. The first-order valence-electron chi connectivity index (χ1n) is 6.11. The van der Waals surface area contributed by atoms with Gasteiger partial charge in [0.2, 0.25) is 0 Å². The maximum atomic E-state index is 11.8. The van der Waals surface area contributed by atoms with Gasteiger partial charge in [-0.05, 0) is 18.2 Å². The van der Waals surface area contributed by atoms with Crippen LogP contribution in [0.15, 0.2) is 42.6 Å². The van der Waals surface area contributed by atoms with Crippen LogP contribution in [0.3, 0.4) is 0 Å². The van der Waals surface area contributed by atoms with Gasteiger partial charge < -0.3 is 9.64 Å². The molecular formula is C15H15ClN2O2. The van der Waals surface area contributed by atoms with Crippen LogP contribution in [0.2, 0.25) is 5.15 Å². The number of para-hydroxylation sites is 1. The quantitative estimate of drug-likeness (QED) is 0.641. The minimum Gasteiger partial charge on any atom is -0.465 e. The molecule has 0 amide bonds. The zero-order valence-electron chi connectivity index (χ0n) is 11.3. The fourth-order valence-electron chi connectivity index (χ4n) is 1.97. The maximum Gasteiger partial charge on any atom is 0.339 e. The van der Waals surface area contributed by atoms with Crippen LogP contribution in [0.5, 0.6) is 0 Å². The molecule has 1 heterocycles. The molecule has 0 unspecified atom stereocenters. The van der Waals surface area contributed by atoms with Gasteiger partial charge in [-0.3, -0.25) is 0 Å². The predicted octanol–water partition coefficient (Wildman–Crippen LogP) is 3.16. The van der Waals surface area contributed by atoms with Crippen LogP contribution in [0.1, 0.15) is 15.9 Å². The lowest BCUT2D eigenvalue weighted by Gasteiger charge is -2.22. The van der Waals surface area contributed by atoms with Gasteiger partial charge in [0.05, 0.1) is 18.4 Å². The molecule has 0 saturated carbocycles. The van der Waals surface area contributed by atoms with Crippen molar-refractivity contribution in [3.05, 3.63) is 58.9 Å². The Morgan fingerprint density at radius 3 is 2.75 bits per heavy atom. The summed E-state index contributed by atoms with van der Waals surface area (Å²) in [6.07, 6.45) is 1.65. The van der Waals surface area contributed by atoms with Crippen molar-refractivity contribution in [2.75, 3.05) is 19.1 Å². The van der Waals surface area contributed by atoms with Crippen molar-refractivity contribution in [3.8, 4) is 0 Å². The Kier molecular flexibility index (Phi) is 4.58. The molecule has 0 spiro atoms. The van der Waals surface area contributed by atoms with Gasteiger partial charge >= 0.3 is 5.97 Å². The van der Waals surface area contributed by atoms with Crippen molar-refractivity contribution in [2.24, 2.45) is 0 Å². The van der Waals surface area contributed by atoms with Crippen molar-refractivity contribution >= 4 is 23.3 Å². The lowest BCUT2D eigenvalue weighted by atomic mass is 10.1. The molecule has 0 aliphatic rings. The molecule has 1 aromatic heterocycles. The van der Waals surface area contributed by atoms with Crippen molar-refractivity contribution in [2.45, 2.75) is 6.54 Å². The van der Waals surface area contributed by atoms with Crippen molar-refractivity contribution < 1.29 is 9.53 Å². The normalized spacial score (nSPS) is 10.2. The molecule has 0 atom stereocenters. The van der Waals surface area contributed by atoms with Gasteiger partial charge in [-0.25, -0.2) is 9.78 Å². The van der Waals surface area contributed by atoms with Gasteiger partial charge in [0, 0.05) is 25.4 Å². The van der Waals surface area contributed by atoms with E-state index < -0.39 is 0 Å². The SMILES string of the molecule is COC(=O)c1ccccc1N(C)Cc1cccnc1Cl. The predicted molar refractivity (Wildman–Crippen MR) is 79.1 cm³/mol. The molecule has 104 valence electrons. The summed E-state index contributed by atoms with van der Waals surface area (Å²) in [7, 11) is 3.27. The third-order valence-electron chi connectivity index (χ3n) is 2.96. The van der Waals surface area contributed by atoms with E-state index in [-0.39, 0.29) is 5.97 Å². The molecule has 2 aromatic rings. The summed E-state index contributed by atoms with van der Waals surface area (Å²) in [5.74, 6) is -0.357. The van der Waals surface area contributed by atoms with E-state index >= 15 is 0 Å². The smallest absolute Gasteiger partial charge is 0.339 e. The molecule has 5 heteroatoms. The second-order valence-electron chi connectivity index (χ2n) is 4.32. The Bertz CT molecular complexity index is 616. The van der Waals surface area contributed by atoms with Gasteiger partial charge in [0.15, 0.2) is 0 Å². The van der Waals surface area contributed by atoms with E-state index in [4.69, 9.17) is 16.3 Å². The number of rotatable bonds is 4.